The van der Waals surface area contributed by atoms with Gasteiger partial charge in [0, 0.05) is 94.0 Å². The van der Waals surface area contributed by atoms with Crippen molar-refractivity contribution in [3.05, 3.63) is 12.2 Å². The molecule has 11 amide bonds. The molecular weight excluding hydrogens is 1240 g/mol. The molecule has 556 valence electrons. The van der Waals surface area contributed by atoms with Gasteiger partial charge in [0.2, 0.25) is 65.0 Å². The Balaban J connectivity index is 3.01. The Labute approximate surface area is 581 Å². The summed E-state index contributed by atoms with van der Waals surface area (Å²) in [7, 11) is 9.98. The molecule has 0 aromatic carbocycles. The molecule has 0 aromatic rings. The molecule has 0 saturated carbocycles. The van der Waals surface area contributed by atoms with Gasteiger partial charge in [0.1, 0.15) is 66.5 Å². The van der Waals surface area contributed by atoms with Crippen molar-refractivity contribution >= 4 is 65.0 Å². The highest BCUT2D eigenvalue weighted by Gasteiger charge is 2.46. The van der Waals surface area contributed by atoms with Crippen molar-refractivity contribution in [3.8, 4) is 0 Å². The predicted octanol–water partition coefficient (Wildman–Crippen LogP) is 3.29. The summed E-state index contributed by atoms with van der Waals surface area (Å²) >= 11 is 0. The van der Waals surface area contributed by atoms with Crippen LogP contribution in [0.1, 0.15) is 164 Å². The number of nitrogens with zero attached hydrogens (tertiary/aromatic N) is 9. The second kappa shape index (κ2) is 40.1. The molecular formula is C71H129N13O13. The molecule has 14 atom stereocenters. The molecule has 0 spiro atoms. The van der Waals surface area contributed by atoms with Gasteiger partial charge in [0.25, 0.3) is 0 Å². The lowest BCUT2D eigenvalue weighted by molar-refractivity contribution is -0.157. The van der Waals surface area contributed by atoms with Gasteiger partial charge >= 0.3 is 0 Å². The smallest absolute Gasteiger partial charge is 0.246 e. The van der Waals surface area contributed by atoms with Crippen molar-refractivity contribution in [2.45, 2.75) is 242 Å². The van der Waals surface area contributed by atoms with Crippen LogP contribution in [0, 0.1) is 41.4 Å². The molecule has 2 fully saturated rings. The number of carbonyl (C=O) groups excluding carboxylic acids is 11. The second-order valence-electron chi connectivity index (χ2n) is 29.8. The number of allylic oxidation sites excluding steroid dienone is 2. The Hall–Kier alpha value is -6.25. The predicted molar refractivity (Wildman–Crippen MR) is 377 cm³/mol. The van der Waals surface area contributed by atoms with Crippen LogP contribution in [0.25, 0.3) is 0 Å². The maximum atomic E-state index is 15.3. The van der Waals surface area contributed by atoms with Crippen LogP contribution < -0.4 is 21.3 Å². The van der Waals surface area contributed by atoms with E-state index in [0.717, 1.165) is 36.0 Å². The number of aliphatic hydroxyl groups excluding tert-OH is 1. The highest BCUT2D eigenvalue weighted by Crippen LogP contribution is 2.26. The first-order chi connectivity index (χ1) is 45.0. The summed E-state index contributed by atoms with van der Waals surface area (Å²) in [4.78, 5) is 177. The van der Waals surface area contributed by atoms with E-state index >= 15 is 28.8 Å². The van der Waals surface area contributed by atoms with Crippen molar-refractivity contribution < 1.29 is 62.6 Å². The molecule has 2 saturated heterocycles. The Kier molecular flexibility index (Phi) is 35.9. The lowest BCUT2D eigenvalue weighted by atomic mass is 9.91. The van der Waals surface area contributed by atoms with Gasteiger partial charge in [-0.05, 0) is 109 Å². The van der Waals surface area contributed by atoms with Crippen LogP contribution in [-0.2, 0) is 57.5 Å². The number of ether oxygens (including phenoxy) is 1. The quantitative estimate of drug-likeness (QED) is 0.0864. The maximum absolute atomic E-state index is 15.3. The third-order valence-electron chi connectivity index (χ3n) is 19.4. The van der Waals surface area contributed by atoms with Crippen molar-refractivity contribution in [1.82, 2.24) is 65.4 Å². The van der Waals surface area contributed by atoms with Crippen molar-refractivity contribution in [3.63, 3.8) is 0 Å². The molecule has 0 radical (unpaired) electrons. The van der Waals surface area contributed by atoms with Crippen LogP contribution in [0.4, 0.5) is 0 Å². The van der Waals surface area contributed by atoms with E-state index in [1.165, 1.54) is 94.6 Å². The minimum Gasteiger partial charge on any atom is -0.390 e. The van der Waals surface area contributed by atoms with Crippen LogP contribution in [0.5, 0.6) is 0 Å². The van der Waals surface area contributed by atoms with Crippen LogP contribution in [0.2, 0.25) is 0 Å². The van der Waals surface area contributed by atoms with E-state index in [-0.39, 0.29) is 50.0 Å². The fraction of sp³-hybridized carbons (Fsp3) is 0.817. The zero-order valence-electron chi connectivity index (χ0n) is 64.1. The van der Waals surface area contributed by atoms with Crippen LogP contribution >= 0.6 is 0 Å². The topological polar surface area (TPSA) is 295 Å². The molecule has 0 bridgehead atoms. The SMILES string of the molecule is C/C=C/C[C@@H](C)[C@@H](O)[C@H]1C(=O)N[C@@H](CC)C(=O)N(C)[C@H](C)C(=O)N(C)[C@@H]([C@H](C)COCCN2CCN(C(C)C)CC2)C(=O)N[C@@H](C(C)C)C(=O)N(C)[C@@H](CC(C)C)C(=O)N[C@@H](C)C(=O)N[C@H](C)C(=O)N(C)[C@@H](CC(C)C)C(=O)N(C)[C@@H](CC(C)C)C(=O)N(C)[C@@H](C(C)C)C(=O)N1C. The van der Waals surface area contributed by atoms with Crippen molar-refractivity contribution in [2.24, 2.45) is 41.4 Å². The Morgan fingerprint density at radius 3 is 1.43 bits per heavy atom. The number of hydrogen-bond donors (Lipinski definition) is 5. The van der Waals surface area contributed by atoms with Gasteiger partial charge in [-0.15, -0.1) is 0 Å². The fourth-order valence-corrected chi connectivity index (χ4v) is 12.9. The van der Waals surface area contributed by atoms with Crippen LogP contribution in [-0.4, -0.2) is 288 Å². The van der Waals surface area contributed by atoms with Crippen molar-refractivity contribution in [2.75, 3.05) is 95.3 Å². The molecule has 2 heterocycles. The number of nitrogens with one attached hydrogen (secondary N) is 4. The number of carbonyl (C=O) groups is 11. The lowest BCUT2D eigenvalue weighted by Crippen LogP contribution is -2.64. The normalized spacial score (nSPS) is 27.5. The molecule has 2 rings (SSSR count). The first-order valence-corrected chi connectivity index (χ1v) is 35.4. The Bertz CT molecular complexity index is 2650. The van der Waals surface area contributed by atoms with E-state index < -0.39 is 161 Å². The summed E-state index contributed by atoms with van der Waals surface area (Å²) in [5, 5.41) is 23.4. The van der Waals surface area contributed by atoms with Gasteiger partial charge in [0.05, 0.1) is 19.3 Å². The minimum absolute atomic E-state index is 0.00376. The highest BCUT2D eigenvalue weighted by molar-refractivity contribution is 6.00. The molecule has 0 aromatic heterocycles. The third kappa shape index (κ3) is 24.3. The highest BCUT2D eigenvalue weighted by atomic mass is 16.5. The summed E-state index contributed by atoms with van der Waals surface area (Å²) in [5.74, 6) is -10.6. The lowest BCUT2D eigenvalue weighted by Gasteiger charge is -2.41. The number of hydrogen-bond acceptors (Lipinski definition) is 15. The summed E-state index contributed by atoms with van der Waals surface area (Å²) in [5.41, 5.74) is 0. The number of amides is 11. The Morgan fingerprint density at radius 2 is 0.948 bits per heavy atom. The summed E-state index contributed by atoms with van der Waals surface area (Å²) in [6.07, 6.45) is 2.80. The zero-order chi connectivity index (χ0) is 74.5. The molecule has 2 aliphatic heterocycles. The summed E-state index contributed by atoms with van der Waals surface area (Å²) in [6, 6.07) is -13.6. The zero-order valence-corrected chi connectivity index (χ0v) is 64.1. The van der Waals surface area contributed by atoms with E-state index in [0.29, 0.717) is 25.6 Å². The molecule has 26 heteroatoms. The number of rotatable bonds is 20. The first-order valence-electron chi connectivity index (χ1n) is 35.4. The van der Waals surface area contributed by atoms with Gasteiger partial charge in [-0.25, -0.2) is 0 Å². The maximum Gasteiger partial charge on any atom is 0.246 e. The summed E-state index contributed by atoms with van der Waals surface area (Å²) < 4.78 is 6.27. The van der Waals surface area contributed by atoms with Crippen LogP contribution in [0.15, 0.2) is 12.2 Å². The van der Waals surface area contributed by atoms with Gasteiger partial charge < -0.3 is 65.4 Å². The average Bonchev–Trinajstić information content (AvgIpc) is 0.849. The molecule has 0 unspecified atom stereocenters. The number of aliphatic hydroxyl groups is 1. The minimum atomic E-state index is -1.64. The second-order valence-corrected chi connectivity index (χ2v) is 29.8. The van der Waals surface area contributed by atoms with E-state index in [1.54, 1.807) is 61.5 Å². The summed E-state index contributed by atoms with van der Waals surface area (Å²) in [6.45, 7) is 38.3. The number of piperazine rings is 1. The van der Waals surface area contributed by atoms with E-state index in [2.05, 4.69) is 44.9 Å². The molecule has 2 aliphatic rings. The molecule has 5 N–H and O–H groups in total. The third-order valence-corrected chi connectivity index (χ3v) is 19.4. The van der Waals surface area contributed by atoms with Gasteiger partial charge in [0.15, 0.2) is 0 Å². The van der Waals surface area contributed by atoms with Gasteiger partial charge in [-0.2, -0.15) is 0 Å². The standard InChI is InChI=1S/C71H129N13O13/c1-27-29-30-47(15)60(85)59-64(89)74-52(28-2)67(92)76(20)51(19)66(91)81(25)58(48(16)40-97-36-35-83-31-33-84(34-32-83)46(13)14)63(88)75-56(44(9)10)70(95)77(21)53(37-41(3)4)62(87)72-49(17)61(86)73-50(18)65(90)78(22)54(38-42(5)6)68(93)79(23)55(39-43(7)8)69(94)80(24)57(45(11)12)71(96)82(59)26/h27,29,41-60,85H,28,30-40H2,1-26H3,(H,72,87)(H,73,86)(H,74,89)(H,75,88)/b29-27+/t47-,48-,49+,50-,51-,52+,53+,54+,55+,56+,57+,58+,59+,60-/m1/s1. The average molecular weight is 1370 g/mol. The van der Waals surface area contributed by atoms with Gasteiger partial charge in [-0.3, -0.25) is 62.5 Å². The molecule has 97 heavy (non-hydrogen) atoms. The fourth-order valence-electron chi connectivity index (χ4n) is 12.9. The first kappa shape index (κ1) is 86.8. The van der Waals surface area contributed by atoms with Crippen LogP contribution in [0.3, 0.4) is 0 Å². The van der Waals surface area contributed by atoms with E-state index in [1.807, 2.05) is 47.6 Å². The van der Waals surface area contributed by atoms with E-state index in [4.69, 9.17) is 4.74 Å². The van der Waals surface area contributed by atoms with E-state index in [9.17, 15) is 29.1 Å². The Morgan fingerprint density at radius 1 is 0.485 bits per heavy atom. The molecule has 26 nitrogen and oxygen atoms in total. The monoisotopic (exact) mass is 1370 g/mol. The number of likely N-dealkylation sites (N-methyl/N-ethyl adjacent to an activating group) is 7. The van der Waals surface area contributed by atoms with Gasteiger partial charge in [-0.1, -0.05) is 102 Å². The van der Waals surface area contributed by atoms with Crippen molar-refractivity contribution in [1.29, 1.82) is 0 Å². The largest absolute Gasteiger partial charge is 0.390 e. The molecule has 0 aliphatic carbocycles.